The minimum absolute atomic E-state index is 0.914. The van der Waals surface area contributed by atoms with Gasteiger partial charge in [-0.05, 0) is 27.5 Å². The Morgan fingerprint density at radius 1 is 1.60 bits per heavy atom. The van der Waals surface area contributed by atoms with Crippen molar-refractivity contribution in [1.29, 1.82) is 0 Å². The monoisotopic (exact) mass is 89.0 g/mol. The molecule has 2 heteroatoms. The van der Waals surface area contributed by atoms with Crippen molar-refractivity contribution in [3.05, 3.63) is 0 Å². The molecule has 0 atom stereocenters. The Labute approximate surface area is 34.0 Å². The molecule has 0 spiro atoms. The van der Waals surface area contributed by atoms with Crippen molar-refractivity contribution in [3.63, 3.8) is 0 Å². The van der Waals surface area contributed by atoms with E-state index in [1.807, 2.05) is 13.8 Å². The highest BCUT2D eigenvalue weighted by atomic mass is 31.1. The third kappa shape index (κ3) is 4.13. The largest absolute Gasteiger partial charge is 0.285 e. The van der Waals surface area contributed by atoms with Gasteiger partial charge in [-0.3, -0.25) is 5.50 Å². The molecule has 0 saturated carbocycles. The number of hydrogen-bond donors (Lipinski definition) is 1. The Kier molecular flexibility index (Phi) is 2.43. The lowest BCUT2D eigenvalue weighted by molar-refractivity contribution is 1.83. The van der Waals surface area contributed by atoms with Crippen LogP contribution < -0.4 is 5.50 Å². The van der Waals surface area contributed by atoms with Crippen LogP contribution in [0, 0.1) is 0 Å². The van der Waals surface area contributed by atoms with Crippen molar-refractivity contribution in [1.82, 2.24) is 0 Å². The lowest BCUT2D eigenvalue weighted by Crippen LogP contribution is -1.74. The number of hydrogen-bond acceptors (Lipinski definition) is 1. The molecule has 0 unspecified atom stereocenters. The summed E-state index contributed by atoms with van der Waals surface area (Å²) in [6.07, 6.45) is 0. The van der Waals surface area contributed by atoms with Gasteiger partial charge in [0.05, 0.1) is 0 Å². The predicted molar refractivity (Wildman–Crippen MR) is 27.5 cm³/mol. The molecule has 0 heterocycles. The maximum absolute atomic E-state index is 5.11. The molecule has 0 aliphatic carbocycles. The molecular weight excluding hydrogens is 81.0 g/mol. The summed E-state index contributed by atoms with van der Waals surface area (Å²) in [6.45, 7) is 4.00. The van der Waals surface area contributed by atoms with Gasteiger partial charge in [0.15, 0.2) is 0 Å². The highest BCUT2D eigenvalue weighted by Crippen LogP contribution is 1.80. The van der Waals surface area contributed by atoms with Gasteiger partial charge < -0.3 is 0 Å². The first-order valence-corrected chi connectivity index (χ1v) is 2.45. The van der Waals surface area contributed by atoms with Gasteiger partial charge in [0, 0.05) is 0 Å². The van der Waals surface area contributed by atoms with Gasteiger partial charge >= 0.3 is 0 Å². The third-order valence-corrected chi connectivity index (χ3v) is 0.775. The molecule has 1 nitrogen and oxygen atoms in total. The molecule has 0 bridgehead atoms. The number of rotatable bonds is 0. The third-order valence-electron chi connectivity index (χ3n) is 0.258. The van der Waals surface area contributed by atoms with Gasteiger partial charge in [-0.25, -0.2) is 0 Å². The Hall–Kier alpha value is 0.130. The van der Waals surface area contributed by atoms with Crippen LogP contribution in [0.1, 0.15) is 13.8 Å². The van der Waals surface area contributed by atoms with E-state index in [0.717, 1.165) is 8.35 Å². The van der Waals surface area contributed by atoms with Crippen LogP contribution in [0.2, 0.25) is 0 Å². The lowest BCUT2D eigenvalue weighted by Gasteiger charge is -1.72. The maximum atomic E-state index is 5.11. The van der Waals surface area contributed by atoms with E-state index in [2.05, 4.69) is 0 Å². The van der Waals surface area contributed by atoms with Crippen LogP contribution in [0.15, 0.2) is 0 Å². The molecule has 0 aliphatic rings. The van der Waals surface area contributed by atoms with Gasteiger partial charge in [-0.1, -0.05) is 0 Å². The summed E-state index contributed by atoms with van der Waals surface area (Å²) in [5.41, 5.74) is 5.11. The van der Waals surface area contributed by atoms with E-state index in [0.29, 0.717) is 0 Å². The highest BCUT2D eigenvalue weighted by Gasteiger charge is 1.62. The molecular formula is C3H8NP. The minimum Gasteiger partial charge on any atom is -0.285 e. The molecule has 0 rings (SSSR count). The average molecular weight is 89.1 g/mol. The second-order valence-corrected chi connectivity index (χ2v) is 2.23. The van der Waals surface area contributed by atoms with Crippen molar-refractivity contribution in [2.75, 3.05) is 0 Å². The van der Waals surface area contributed by atoms with Crippen LogP contribution >= 0.6 is 8.35 Å². The van der Waals surface area contributed by atoms with E-state index in [4.69, 9.17) is 5.50 Å². The molecule has 0 saturated heterocycles. The Morgan fingerprint density at radius 2 is 1.80 bits per heavy atom. The van der Waals surface area contributed by atoms with Crippen molar-refractivity contribution >= 4 is 13.6 Å². The quantitative estimate of drug-likeness (QED) is 0.440. The molecule has 0 amide bonds. The van der Waals surface area contributed by atoms with Crippen LogP contribution in [0.4, 0.5) is 0 Å². The summed E-state index contributed by atoms with van der Waals surface area (Å²) in [5, 5.41) is 1.25. The zero-order valence-corrected chi connectivity index (χ0v) is 4.42. The van der Waals surface area contributed by atoms with Gasteiger partial charge in [-0.15, -0.1) is 0 Å². The summed E-state index contributed by atoms with van der Waals surface area (Å²) in [7, 11) is 0.914. The first-order valence-electron chi connectivity index (χ1n) is 1.48. The van der Waals surface area contributed by atoms with Crippen LogP contribution in [0.3, 0.4) is 0 Å². The second-order valence-electron chi connectivity index (χ2n) is 1.08. The molecule has 0 fully saturated rings. The van der Waals surface area contributed by atoms with E-state index in [9.17, 15) is 0 Å². The van der Waals surface area contributed by atoms with E-state index in [1.54, 1.807) is 0 Å². The average Bonchev–Trinajstić information content (AvgIpc) is 1.38. The summed E-state index contributed by atoms with van der Waals surface area (Å²) < 4.78 is 0. The van der Waals surface area contributed by atoms with Crippen molar-refractivity contribution in [2.24, 2.45) is 5.50 Å². The van der Waals surface area contributed by atoms with E-state index >= 15 is 0 Å². The molecule has 5 heavy (non-hydrogen) atoms. The topological polar surface area (TPSA) is 26.0 Å². The Balaban J connectivity index is 3.14. The highest BCUT2D eigenvalue weighted by molar-refractivity contribution is 7.37. The maximum Gasteiger partial charge on any atom is -0.0256 e. The lowest BCUT2D eigenvalue weighted by atomic mass is 10.6. The van der Waals surface area contributed by atoms with Crippen molar-refractivity contribution < 1.29 is 0 Å². The molecule has 0 aromatic carbocycles. The fourth-order valence-corrected chi connectivity index (χ4v) is 0. The van der Waals surface area contributed by atoms with Crippen LogP contribution in [0.5, 0.6) is 0 Å². The van der Waals surface area contributed by atoms with Gasteiger partial charge in [-0.2, -0.15) is 0 Å². The van der Waals surface area contributed by atoms with E-state index in [1.165, 1.54) is 5.29 Å². The van der Waals surface area contributed by atoms with E-state index < -0.39 is 0 Å². The minimum atomic E-state index is 0.914. The van der Waals surface area contributed by atoms with Crippen molar-refractivity contribution in [3.8, 4) is 0 Å². The summed E-state index contributed by atoms with van der Waals surface area (Å²) in [5.74, 6) is 0. The van der Waals surface area contributed by atoms with Crippen LogP contribution in [-0.2, 0) is 0 Å². The number of nitrogens with two attached hydrogens (primary N) is 1. The van der Waals surface area contributed by atoms with Gasteiger partial charge in [0.25, 0.3) is 0 Å². The first-order chi connectivity index (χ1) is 2.27. The normalized spacial score (nSPS) is 8.60. The Bertz CT molecular complexity index is 44.9. The van der Waals surface area contributed by atoms with Crippen molar-refractivity contribution in [2.45, 2.75) is 13.8 Å². The molecule has 0 aliphatic heterocycles. The SMILES string of the molecule is CC(C)=PN. The fraction of sp³-hybridized carbons (Fsp3) is 0.667. The summed E-state index contributed by atoms with van der Waals surface area (Å²) in [4.78, 5) is 0. The van der Waals surface area contributed by atoms with Gasteiger partial charge in [0.2, 0.25) is 0 Å². The van der Waals surface area contributed by atoms with E-state index in [-0.39, 0.29) is 0 Å². The standard InChI is InChI=1S/C3H8NP/c1-3(2)5-4/h4H2,1-2H3. The second kappa shape index (κ2) is 2.37. The van der Waals surface area contributed by atoms with Crippen LogP contribution in [0.25, 0.3) is 0 Å². The smallest absolute Gasteiger partial charge is 0.0256 e. The molecule has 0 aromatic heterocycles. The van der Waals surface area contributed by atoms with Crippen LogP contribution in [-0.4, -0.2) is 5.29 Å². The molecule has 2 N–H and O–H groups in total. The molecule has 0 radical (unpaired) electrons. The fourth-order valence-electron chi connectivity index (χ4n) is 0. The van der Waals surface area contributed by atoms with Gasteiger partial charge in [0.1, 0.15) is 0 Å². The Morgan fingerprint density at radius 3 is 1.80 bits per heavy atom. The molecule has 0 aromatic rings. The summed E-state index contributed by atoms with van der Waals surface area (Å²) in [6, 6.07) is 0. The zero-order chi connectivity index (χ0) is 4.28. The summed E-state index contributed by atoms with van der Waals surface area (Å²) >= 11 is 0. The zero-order valence-electron chi connectivity index (χ0n) is 3.52. The first kappa shape index (κ1) is 5.13. The predicted octanol–water partition coefficient (Wildman–Crippen LogP) is 1.02. The molecule has 30 valence electrons.